The molecule has 0 aromatic heterocycles. The Morgan fingerprint density at radius 3 is 3.06 bits per heavy atom. The summed E-state index contributed by atoms with van der Waals surface area (Å²) < 4.78 is 0. The van der Waals surface area contributed by atoms with Crippen molar-refractivity contribution in [2.75, 3.05) is 19.3 Å². The number of carbonyl (C=O) groups excluding carboxylic acids is 1. The molecule has 92 valence electrons. The Kier molecular flexibility index (Phi) is 5.22. The normalized spacial score (nSPS) is 20.5. The topological polar surface area (TPSA) is 32.7 Å². The molecule has 0 aliphatic carbocycles. The summed E-state index contributed by atoms with van der Waals surface area (Å²) in [6.07, 6.45) is 4.39. The predicted molar refractivity (Wildman–Crippen MR) is 75.5 cm³/mol. The van der Waals surface area contributed by atoms with E-state index in [-0.39, 0.29) is 11.2 Å². The summed E-state index contributed by atoms with van der Waals surface area (Å²) in [7, 11) is 1.82. The van der Waals surface area contributed by atoms with Gasteiger partial charge in [-0.05, 0) is 18.4 Å². The molecule has 0 radical (unpaired) electrons. The molecule has 0 aromatic rings. The Balaban J connectivity index is 2.75. The van der Waals surface area contributed by atoms with Crippen LogP contribution in [0.25, 0.3) is 0 Å². The van der Waals surface area contributed by atoms with Crippen LogP contribution in [0.2, 0.25) is 0 Å². The van der Waals surface area contributed by atoms with Gasteiger partial charge in [0.2, 0.25) is 5.91 Å². The lowest BCUT2D eigenvalue weighted by Crippen LogP contribution is -2.33. The highest BCUT2D eigenvalue weighted by Crippen LogP contribution is 2.23. The van der Waals surface area contributed by atoms with E-state index in [1.54, 1.807) is 22.7 Å². The molecule has 1 heterocycles. The molecule has 0 saturated carbocycles. The second kappa shape index (κ2) is 6.45. The number of rotatable bonds is 5. The molecule has 0 fully saturated rings. The summed E-state index contributed by atoms with van der Waals surface area (Å²) in [5.41, 5.74) is 1.82. The van der Waals surface area contributed by atoms with Gasteiger partial charge in [-0.25, -0.2) is 0 Å². The van der Waals surface area contributed by atoms with Crippen LogP contribution >= 0.6 is 11.8 Å². The zero-order valence-corrected chi connectivity index (χ0v) is 11.0. The first-order valence-electron chi connectivity index (χ1n) is 5.42. The van der Waals surface area contributed by atoms with Gasteiger partial charge in [0.05, 0.1) is 0 Å². The minimum atomic E-state index is -0.195. The van der Waals surface area contributed by atoms with Crippen LogP contribution in [0.5, 0.6) is 0 Å². The van der Waals surface area contributed by atoms with Crippen LogP contribution in [0, 0.1) is 0 Å². The van der Waals surface area contributed by atoms with Crippen molar-refractivity contribution in [2.45, 2.75) is 11.7 Å². The van der Waals surface area contributed by atoms with Crippen LogP contribution < -0.4 is 0 Å². The summed E-state index contributed by atoms with van der Waals surface area (Å²) in [5.74, 6) is 0.819. The average molecular weight is 250 g/mol. The minimum absolute atomic E-state index is 0.116. The Morgan fingerprint density at radius 1 is 1.76 bits per heavy atom. The van der Waals surface area contributed by atoms with Gasteiger partial charge in [0, 0.05) is 31.5 Å². The lowest BCUT2D eigenvalue weighted by Gasteiger charge is -2.18. The molecule has 0 N–H and O–H groups in total. The number of aliphatic imine (C=N–C) groups is 1. The lowest BCUT2D eigenvalue weighted by atomic mass is 10.3. The number of nitrogens with zero attached hydrogens (tertiary/aromatic N) is 2. The molecule has 17 heavy (non-hydrogen) atoms. The lowest BCUT2D eigenvalue weighted by molar-refractivity contribution is -0.128. The Morgan fingerprint density at radius 2 is 2.47 bits per heavy atom. The van der Waals surface area contributed by atoms with Gasteiger partial charge < -0.3 is 4.90 Å². The predicted octanol–water partition coefficient (Wildman–Crippen LogP) is 2.28. The molecule has 1 atom stereocenters. The smallest absolute Gasteiger partial charge is 0.239 e. The number of amides is 1. The van der Waals surface area contributed by atoms with Crippen molar-refractivity contribution in [3.05, 3.63) is 36.6 Å². The number of carbonyl (C=O) groups is 1. The third kappa shape index (κ3) is 3.89. The Labute approximate surface area is 107 Å². The third-order valence-electron chi connectivity index (χ3n) is 2.61. The van der Waals surface area contributed by atoms with Crippen LogP contribution in [0.3, 0.4) is 0 Å². The summed E-state index contributed by atoms with van der Waals surface area (Å²) in [6, 6.07) is 0. The van der Waals surface area contributed by atoms with Crippen LogP contribution in [0.4, 0.5) is 0 Å². The summed E-state index contributed by atoms with van der Waals surface area (Å²) >= 11 is 1.55. The van der Waals surface area contributed by atoms with Gasteiger partial charge in [0.1, 0.15) is 5.25 Å². The maximum Gasteiger partial charge on any atom is 0.239 e. The number of hydrogen-bond acceptors (Lipinski definition) is 3. The highest BCUT2D eigenvalue weighted by molar-refractivity contribution is 8.00. The molecule has 1 aliphatic rings. The van der Waals surface area contributed by atoms with E-state index in [0.29, 0.717) is 12.3 Å². The van der Waals surface area contributed by atoms with Crippen molar-refractivity contribution < 1.29 is 4.79 Å². The minimum Gasteiger partial charge on any atom is -0.344 e. The fraction of sp³-hybridized carbons (Fsp3) is 0.385. The van der Waals surface area contributed by atoms with Crippen LogP contribution in [-0.2, 0) is 4.79 Å². The van der Waals surface area contributed by atoms with Crippen molar-refractivity contribution in [1.82, 2.24) is 4.90 Å². The average Bonchev–Trinajstić information content (AvgIpc) is 2.48. The third-order valence-corrected chi connectivity index (χ3v) is 3.84. The molecular formula is C13H18N2OS. The van der Waals surface area contributed by atoms with E-state index in [1.807, 2.05) is 13.1 Å². The molecule has 1 amide bonds. The molecule has 1 rings (SSSR count). The molecule has 0 saturated heterocycles. The van der Waals surface area contributed by atoms with Crippen molar-refractivity contribution in [1.29, 1.82) is 0 Å². The van der Waals surface area contributed by atoms with E-state index in [9.17, 15) is 4.79 Å². The first-order chi connectivity index (χ1) is 8.08. The summed E-state index contributed by atoms with van der Waals surface area (Å²) in [4.78, 5) is 17.7. The van der Waals surface area contributed by atoms with E-state index >= 15 is 0 Å². The molecule has 0 spiro atoms. The second-order valence-corrected chi connectivity index (χ2v) is 5.05. The van der Waals surface area contributed by atoms with Gasteiger partial charge in [-0.3, -0.25) is 9.79 Å². The number of allylic oxidation sites excluding steroid dienone is 1. The second-order valence-electron chi connectivity index (χ2n) is 3.92. The van der Waals surface area contributed by atoms with Crippen LogP contribution in [0.1, 0.15) is 6.42 Å². The van der Waals surface area contributed by atoms with E-state index in [1.165, 1.54) is 0 Å². The zero-order valence-electron chi connectivity index (χ0n) is 10.2. The van der Waals surface area contributed by atoms with Gasteiger partial charge >= 0.3 is 0 Å². The Bertz CT molecular complexity index is 374. The first kappa shape index (κ1) is 13.8. The van der Waals surface area contributed by atoms with Gasteiger partial charge in [-0.15, -0.1) is 11.8 Å². The summed E-state index contributed by atoms with van der Waals surface area (Å²) in [6.45, 7) is 11.7. The maximum atomic E-state index is 12.1. The highest BCUT2D eigenvalue weighted by Gasteiger charge is 2.24. The van der Waals surface area contributed by atoms with E-state index in [0.717, 1.165) is 17.7 Å². The fourth-order valence-corrected chi connectivity index (χ4v) is 2.53. The highest BCUT2D eigenvalue weighted by atomic mass is 32.2. The SMILES string of the molecule is C=CC(=C)CSC1C=C(N=C)CCN(C)C1=O. The van der Waals surface area contributed by atoms with Crippen molar-refractivity contribution in [3.63, 3.8) is 0 Å². The van der Waals surface area contributed by atoms with E-state index in [2.05, 4.69) is 24.9 Å². The largest absolute Gasteiger partial charge is 0.344 e. The molecule has 0 bridgehead atoms. The van der Waals surface area contributed by atoms with Crippen molar-refractivity contribution in [2.24, 2.45) is 4.99 Å². The Hall–Kier alpha value is -1.29. The molecular weight excluding hydrogens is 232 g/mol. The molecule has 1 aliphatic heterocycles. The van der Waals surface area contributed by atoms with E-state index in [4.69, 9.17) is 0 Å². The van der Waals surface area contributed by atoms with Gasteiger partial charge in [-0.2, -0.15) is 0 Å². The van der Waals surface area contributed by atoms with Crippen molar-refractivity contribution >= 4 is 24.4 Å². The zero-order chi connectivity index (χ0) is 12.8. The molecule has 3 nitrogen and oxygen atoms in total. The quantitative estimate of drug-likeness (QED) is 0.554. The van der Waals surface area contributed by atoms with E-state index < -0.39 is 0 Å². The molecule has 4 heteroatoms. The van der Waals surface area contributed by atoms with Gasteiger partial charge in [0.15, 0.2) is 0 Å². The van der Waals surface area contributed by atoms with Gasteiger partial charge in [-0.1, -0.05) is 19.2 Å². The van der Waals surface area contributed by atoms with Gasteiger partial charge in [0.25, 0.3) is 0 Å². The van der Waals surface area contributed by atoms with Crippen LogP contribution in [-0.4, -0.2) is 42.1 Å². The molecule has 0 aromatic carbocycles. The number of hydrogen-bond donors (Lipinski definition) is 0. The summed E-state index contributed by atoms with van der Waals surface area (Å²) in [5, 5.41) is -0.195. The van der Waals surface area contributed by atoms with Crippen LogP contribution in [0.15, 0.2) is 41.6 Å². The fourth-order valence-electron chi connectivity index (χ4n) is 1.45. The monoisotopic (exact) mass is 250 g/mol. The first-order valence-corrected chi connectivity index (χ1v) is 6.47. The van der Waals surface area contributed by atoms with Crippen molar-refractivity contribution in [3.8, 4) is 0 Å². The number of thioether (sulfide) groups is 1. The maximum absolute atomic E-state index is 12.1. The standard InChI is InChI=1S/C13H18N2OS/c1-5-10(2)9-17-12-8-11(14-3)6-7-15(4)13(12)16/h5,8,12H,1-3,6-7,9H2,4H3. The molecule has 1 unspecified atom stereocenters.